The Morgan fingerprint density at radius 1 is 0.641 bits per heavy atom. The highest BCUT2D eigenvalue weighted by atomic mass is 16.5. The zero-order valence-corrected chi connectivity index (χ0v) is 53.3. The number of primary amides is 1. The van der Waals surface area contributed by atoms with Gasteiger partial charge < -0.3 is 72.3 Å². The number of carbonyl (C=O) groups excluding carboxylic acids is 8. The Morgan fingerprint density at radius 2 is 1.23 bits per heavy atom. The number of likely N-dealkylation sites (tertiary alicyclic amines) is 2. The molecule has 92 heavy (non-hydrogen) atoms. The molecular weight excluding hydrogens is 1200 g/mol. The summed E-state index contributed by atoms with van der Waals surface area (Å²) in [5, 5.41) is 58.1. The van der Waals surface area contributed by atoms with Crippen LogP contribution in [0.15, 0.2) is 12.5 Å². The van der Waals surface area contributed by atoms with Crippen LogP contribution in [0.2, 0.25) is 0 Å². The van der Waals surface area contributed by atoms with Gasteiger partial charge in [0.05, 0.1) is 51.7 Å². The van der Waals surface area contributed by atoms with Crippen LogP contribution in [0.25, 0.3) is 0 Å². The topological polar surface area (TPSA) is 458 Å². The van der Waals surface area contributed by atoms with E-state index in [4.69, 9.17) is 15.2 Å². The molecule has 0 radical (unpaired) electrons. The molecule has 0 aliphatic carbocycles. The van der Waals surface area contributed by atoms with Gasteiger partial charge in [-0.3, -0.25) is 62.5 Å². The van der Waals surface area contributed by atoms with E-state index in [0.717, 1.165) is 55.8 Å². The predicted molar refractivity (Wildman–Crippen MR) is 331 cm³/mol. The number of carboxylic acid groups (broad SMARTS) is 3. The third kappa shape index (κ3) is 32.0. The van der Waals surface area contributed by atoms with E-state index >= 15 is 0 Å². The third-order valence-electron chi connectivity index (χ3n) is 16.1. The maximum atomic E-state index is 14.2. The van der Waals surface area contributed by atoms with Crippen LogP contribution in [0.5, 0.6) is 0 Å². The van der Waals surface area contributed by atoms with Gasteiger partial charge in [-0.25, -0.2) is 10.1 Å². The van der Waals surface area contributed by atoms with Crippen molar-refractivity contribution in [2.24, 2.45) is 5.73 Å². The van der Waals surface area contributed by atoms with Gasteiger partial charge in [0.2, 0.25) is 47.3 Å². The molecule has 0 unspecified atom stereocenters. The summed E-state index contributed by atoms with van der Waals surface area (Å²) in [6.45, 7) is 0.685. The number of nitrogens with zero attached hydrogens (tertiary/aromatic N) is 7. The summed E-state index contributed by atoms with van der Waals surface area (Å²) in [4.78, 5) is 154. The molecule has 4 rings (SSSR count). The summed E-state index contributed by atoms with van der Waals surface area (Å²) < 4.78 is 10.9. The third-order valence-corrected chi connectivity index (χ3v) is 16.1. The van der Waals surface area contributed by atoms with Crippen molar-refractivity contribution in [1.82, 2.24) is 77.2 Å². The van der Waals surface area contributed by atoms with Crippen molar-refractivity contribution < 1.29 is 77.5 Å². The van der Waals surface area contributed by atoms with Crippen LogP contribution in [0.3, 0.4) is 0 Å². The summed E-state index contributed by atoms with van der Waals surface area (Å²) in [5.41, 5.74) is 6.09. The average Bonchev–Trinajstić information content (AvgIpc) is 1.74. The van der Waals surface area contributed by atoms with Crippen molar-refractivity contribution in [2.75, 3.05) is 79.3 Å². The second-order valence-electron chi connectivity index (χ2n) is 23.7. The number of nitrogens with two attached hydrogens (primary N) is 1. The molecule has 2 fully saturated rings. The van der Waals surface area contributed by atoms with Crippen molar-refractivity contribution >= 4 is 65.2 Å². The molecule has 32 nitrogen and oxygen atoms in total. The van der Waals surface area contributed by atoms with Crippen molar-refractivity contribution in [1.29, 1.82) is 0 Å². The van der Waals surface area contributed by atoms with E-state index in [1.54, 1.807) is 0 Å². The summed E-state index contributed by atoms with van der Waals surface area (Å²) in [7, 11) is 1.84. The first-order chi connectivity index (χ1) is 44.3. The van der Waals surface area contributed by atoms with E-state index in [9.17, 15) is 68.1 Å². The van der Waals surface area contributed by atoms with E-state index in [1.807, 2.05) is 11.9 Å². The molecule has 0 spiro atoms. The van der Waals surface area contributed by atoms with Gasteiger partial charge in [-0.05, 0) is 108 Å². The minimum atomic E-state index is -1.85. The molecule has 0 bridgehead atoms. The monoisotopic (exact) mass is 1300 g/mol. The number of carbonyl (C=O) groups is 11. The van der Waals surface area contributed by atoms with Crippen LogP contribution in [-0.2, 0) is 75.1 Å². The number of tetrazole rings is 1. The summed E-state index contributed by atoms with van der Waals surface area (Å²) in [6, 6.07) is -7.39. The second-order valence-corrected chi connectivity index (χ2v) is 23.7. The number of amides is 8. The van der Waals surface area contributed by atoms with Crippen molar-refractivity contribution in [3.63, 3.8) is 0 Å². The fraction of sp³-hybridized carbons (Fsp3) is 0.750. The highest BCUT2D eigenvalue weighted by Crippen LogP contribution is 2.24. The van der Waals surface area contributed by atoms with E-state index in [-0.39, 0.29) is 89.9 Å². The van der Waals surface area contributed by atoms with E-state index in [1.165, 1.54) is 75.2 Å². The molecule has 8 amide bonds. The van der Waals surface area contributed by atoms with E-state index in [2.05, 4.69) is 62.5 Å². The number of aryl methyl sites for hydroxylation is 1. The largest absolute Gasteiger partial charge is 0.481 e. The lowest BCUT2D eigenvalue weighted by molar-refractivity contribution is -0.143. The van der Waals surface area contributed by atoms with Gasteiger partial charge >= 0.3 is 17.9 Å². The lowest BCUT2D eigenvalue weighted by atomic mass is 10.0. The fourth-order valence-electron chi connectivity index (χ4n) is 11.1. The lowest BCUT2D eigenvalue weighted by Gasteiger charge is -2.30. The molecule has 516 valence electrons. The van der Waals surface area contributed by atoms with Crippen LogP contribution >= 0.6 is 0 Å². The number of H-pyrrole nitrogens is 2. The molecule has 32 heteroatoms. The predicted octanol–water partition coefficient (Wildman–Crippen LogP) is 0.231. The molecule has 2 aliphatic rings. The minimum Gasteiger partial charge on any atom is -0.481 e. The Kier molecular flexibility index (Phi) is 37.3. The number of rotatable bonds is 52. The van der Waals surface area contributed by atoms with Crippen LogP contribution in [0, 0.1) is 0 Å². The van der Waals surface area contributed by atoms with Gasteiger partial charge in [0, 0.05) is 50.8 Å². The molecule has 2 saturated heterocycles. The number of aromatic amines is 2. The Balaban J connectivity index is 1.17. The first-order valence-electron chi connectivity index (χ1n) is 32.6. The zero-order chi connectivity index (χ0) is 66.9. The Bertz CT molecular complexity index is 2550. The number of nitrogens with one attached hydrogen (secondary N) is 8. The van der Waals surface area contributed by atoms with Crippen molar-refractivity contribution in [3.05, 3.63) is 24.0 Å². The average molecular weight is 1300 g/mol. The summed E-state index contributed by atoms with van der Waals surface area (Å²) in [6.07, 6.45) is 21.1. The van der Waals surface area contributed by atoms with Crippen LogP contribution in [-0.4, -0.2) is 241 Å². The van der Waals surface area contributed by atoms with E-state index < -0.39 is 109 Å². The standard InChI is InChI=1S/C60H100N16O16/c1-74-29-19-24-48(74)60(90)76-31-20-23-47(76)59(89)69-45(35-42-37-62-41-65-42)57(87)68-46(36-52(79)80)58(88)67-44(22-16-18-30-75(38-53(81)82)39-54(83)84)56(86)66-43(55(61)85)21-15-17-27-63-51(78)40-92-34-33-91-32-28-64-50(77)26-14-12-10-8-6-4-2-3-5-7-9-11-13-25-49-70-72-73-71-49/h37,41,43-48H,2-36,38-40H2,1H3,(H2,61,85)(H,62,65)(H,63,78)(H,64,77)(H,66,86)(H,67,88)(H,68,87)(H,69,89)(H,79,80)(H,81,82)(H,83,84)(H,70,71,72,73)/t43-,44-,45-,46-,47-,48-/m0/s1. The highest BCUT2D eigenvalue weighted by Gasteiger charge is 2.41. The summed E-state index contributed by atoms with van der Waals surface area (Å²) >= 11 is 0. The number of imidazole rings is 1. The highest BCUT2D eigenvalue weighted by molar-refractivity contribution is 5.98. The molecule has 2 aromatic rings. The second kappa shape index (κ2) is 44.7. The molecule has 4 heterocycles. The number of likely N-dealkylation sites (N-methyl/N-ethyl adjacent to an activating group) is 1. The van der Waals surface area contributed by atoms with E-state index in [0.29, 0.717) is 50.9 Å². The van der Waals surface area contributed by atoms with Crippen LogP contribution in [0.4, 0.5) is 0 Å². The van der Waals surface area contributed by atoms with Crippen molar-refractivity contribution in [3.8, 4) is 0 Å². The molecular formula is C60H100N16O16. The first kappa shape index (κ1) is 76.7. The maximum absolute atomic E-state index is 14.2. The number of hydrogen-bond acceptors (Lipinski definition) is 19. The molecule has 2 aromatic heterocycles. The zero-order valence-electron chi connectivity index (χ0n) is 53.3. The molecule has 2 aliphatic heterocycles. The van der Waals surface area contributed by atoms with Gasteiger partial charge in [-0.1, -0.05) is 70.6 Å². The Labute approximate surface area is 536 Å². The maximum Gasteiger partial charge on any atom is 0.317 e. The number of aliphatic carboxylic acids is 3. The molecule has 13 N–H and O–H groups in total. The van der Waals surface area contributed by atoms with Gasteiger partial charge in [-0.15, -0.1) is 5.10 Å². The Morgan fingerprint density at radius 3 is 1.85 bits per heavy atom. The number of aromatic nitrogens is 6. The number of hydrogen-bond donors (Lipinski definition) is 12. The van der Waals surface area contributed by atoms with Crippen LogP contribution < -0.4 is 37.6 Å². The number of carboxylic acids is 3. The normalized spacial score (nSPS) is 16.1. The van der Waals surface area contributed by atoms with Gasteiger partial charge in [0.25, 0.3) is 0 Å². The minimum absolute atomic E-state index is 0.00856. The summed E-state index contributed by atoms with van der Waals surface area (Å²) in [5.74, 6) is -8.50. The quantitative estimate of drug-likeness (QED) is 0.0395. The SMILES string of the molecule is CN1CCC[C@H]1C(=O)N1CCC[C@H]1C(=O)N[C@@H](Cc1cnc[nH]1)C(=O)N[C@@H](CC(=O)O)C(=O)N[C@@H](CCCCN(CC(=O)O)CC(=O)O)C(=O)N[C@@H](CCCCNC(=O)COCCOCCNC(=O)CCCCCCCCCCCCCCCc1nnn[nH]1)C(N)=O. The molecule has 0 saturated carbocycles. The number of ether oxygens (including phenoxy) is 2. The molecule has 0 aromatic carbocycles. The lowest BCUT2D eigenvalue weighted by Crippen LogP contribution is -2.60. The Hall–Kier alpha value is -7.71. The fourth-order valence-corrected chi connectivity index (χ4v) is 11.1. The van der Waals surface area contributed by atoms with Crippen molar-refractivity contribution in [2.45, 2.75) is 210 Å². The van der Waals surface area contributed by atoms with Gasteiger partial charge in [0.1, 0.15) is 42.6 Å². The smallest absolute Gasteiger partial charge is 0.317 e. The van der Waals surface area contributed by atoms with Gasteiger partial charge in [0.15, 0.2) is 0 Å². The molecule has 6 atom stereocenters. The number of unbranched alkanes of at least 4 members (excludes halogenated alkanes) is 14. The van der Waals surface area contributed by atoms with Gasteiger partial charge in [-0.2, -0.15) is 0 Å². The first-order valence-corrected chi connectivity index (χ1v) is 32.6. The van der Waals surface area contributed by atoms with Crippen LogP contribution in [0.1, 0.15) is 172 Å².